The summed E-state index contributed by atoms with van der Waals surface area (Å²) in [7, 11) is 2.24. The van der Waals surface area contributed by atoms with Gasteiger partial charge in [-0.1, -0.05) is 12.8 Å². The van der Waals surface area contributed by atoms with Crippen LogP contribution in [0.15, 0.2) is 12.5 Å². The van der Waals surface area contributed by atoms with Gasteiger partial charge >= 0.3 is 0 Å². The number of hydrogen-bond acceptors (Lipinski definition) is 3. The summed E-state index contributed by atoms with van der Waals surface area (Å²) in [6.45, 7) is 6.11. The van der Waals surface area contributed by atoms with Gasteiger partial charge in [0, 0.05) is 25.3 Å². The van der Waals surface area contributed by atoms with E-state index in [0.29, 0.717) is 0 Å². The number of hydrogen-bond donors (Lipinski definition) is 1. The van der Waals surface area contributed by atoms with E-state index >= 15 is 0 Å². The highest BCUT2D eigenvalue weighted by atomic mass is 15.2. The fourth-order valence-electron chi connectivity index (χ4n) is 2.83. The van der Waals surface area contributed by atoms with Crippen molar-refractivity contribution in [2.24, 2.45) is 5.73 Å². The van der Waals surface area contributed by atoms with Gasteiger partial charge in [0.1, 0.15) is 0 Å². The molecule has 1 aliphatic carbocycles. The predicted molar refractivity (Wildman–Crippen MR) is 74.3 cm³/mol. The van der Waals surface area contributed by atoms with E-state index < -0.39 is 0 Å². The van der Waals surface area contributed by atoms with E-state index in [2.05, 4.69) is 21.5 Å². The lowest BCUT2D eigenvalue weighted by molar-refractivity contribution is 0.234. The highest BCUT2D eigenvalue weighted by Crippen LogP contribution is 2.22. The molecule has 0 aliphatic heterocycles. The van der Waals surface area contributed by atoms with Gasteiger partial charge in [-0.2, -0.15) is 0 Å². The minimum atomic E-state index is -0.317. The molecular formula is C14H26N4. The fourth-order valence-corrected chi connectivity index (χ4v) is 2.83. The van der Waals surface area contributed by atoms with E-state index in [0.717, 1.165) is 24.8 Å². The standard InChI is InChI=1S/C14H26N4/c1-14(2,15)13-10-16-11-18(13)9-8-17(3)12-6-4-5-7-12/h10-12H,4-9,15H2,1-3H3. The molecule has 0 saturated heterocycles. The molecule has 18 heavy (non-hydrogen) atoms. The van der Waals surface area contributed by atoms with Gasteiger partial charge in [0.15, 0.2) is 0 Å². The Morgan fingerprint density at radius 1 is 1.44 bits per heavy atom. The zero-order valence-electron chi connectivity index (χ0n) is 11.9. The molecule has 0 spiro atoms. The molecule has 1 saturated carbocycles. The maximum Gasteiger partial charge on any atom is 0.0949 e. The van der Waals surface area contributed by atoms with Gasteiger partial charge in [0.2, 0.25) is 0 Å². The van der Waals surface area contributed by atoms with Crippen molar-refractivity contribution >= 4 is 0 Å². The van der Waals surface area contributed by atoms with Gasteiger partial charge in [0.25, 0.3) is 0 Å². The molecule has 0 aromatic carbocycles. The molecule has 1 heterocycles. The number of imidazole rings is 1. The number of rotatable bonds is 5. The molecular weight excluding hydrogens is 224 g/mol. The maximum atomic E-state index is 6.16. The Bertz CT molecular complexity index is 371. The second-order valence-corrected chi connectivity index (χ2v) is 6.11. The zero-order chi connectivity index (χ0) is 13.2. The van der Waals surface area contributed by atoms with Crippen molar-refractivity contribution in [1.82, 2.24) is 14.5 Å². The molecule has 4 nitrogen and oxygen atoms in total. The minimum absolute atomic E-state index is 0.317. The van der Waals surface area contributed by atoms with E-state index in [-0.39, 0.29) is 5.54 Å². The van der Waals surface area contributed by atoms with E-state index in [4.69, 9.17) is 5.73 Å². The van der Waals surface area contributed by atoms with Gasteiger partial charge in [0.05, 0.1) is 17.6 Å². The quantitative estimate of drug-likeness (QED) is 0.869. The van der Waals surface area contributed by atoms with Crippen molar-refractivity contribution in [2.45, 2.75) is 57.7 Å². The summed E-state index contributed by atoms with van der Waals surface area (Å²) >= 11 is 0. The first-order chi connectivity index (χ1) is 8.48. The van der Waals surface area contributed by atoms with Crippen LogP contribution in [0.1, 0.15) is 45.2 Å². The van der Waals surface area contributed by atoms with Crippen LogP contribution in [0.2, 0.25) is 0 Å². The Morgan fingerprint density at radius 2 is 2.11 bits per heavy atom. The topological polar surface area (TPSA) is 47.1 Å². The second-order valence-electron chi connectivity index (χ2n) is 6.11. The van der Waals surface area contributed by atoms with Crippen molar-refractivity contribution in [2.75, 3.05) is 13.6 Å². The molecule has 0 bridgehead atoms. The van der Waals surface area contributed by atoms with Gasteiger partial charge in [-0.25, -0.2) is 4.98 Å². The van der Waals surface area contributed by atoms with Crippen molar-refractivity contribution in [3.05, 3.63) is 18.2 Å². The number of nitrogens with two attached hydrogens (primary N) is 1. The molecule has 2 rings (SSSR count). The largest absolute Gasteiger partial charge is 0.332 e. The first-order valence-corrected chi connectivity index (χ1v) is 6.98. The Balaban J connectivity index is 1.92. The van der Waals surface area contributed by atoms with Crippen molar-refractivity contribution < 1.29 is 0 Å². The average Bonchev–Trinajstić information content (AvgIpc) is 2.95. The van der Waals surface area contributed by atoms with Crippen molar-refractivity contribution in [3.63, 3.8) is 0 Å². The second kappa shape index (κ2) is 5.41. The monoisotopic (exact) mass is 250 g/mol. The summed E-state index contributed by atoms with van der Waals surface area (Å²) in [4.78, 5) is 6.71. The van der Waals surface area contributed by atoms with Crippen LogP contribution in [0.5, 0.6) is 0 Å². The smallest absolute Gasteiger partial charge is 0.0949 e. The molecule has 1 aromatic heterocycles. The zero-order valence-corrected chi connectivity index (χ0v) is 11.9. The van der Waals surface area contributed by atoms with Crippen LogP contribution < -0.4 is 5.73 Å². The van der Waals surface area contributed by atoms with Crippen LogP contribution in [-0.4, -0.2) is 34.1 Å². The lowest BCUT2D eigenvalue weighted by atomic mass is 10.0. The molecule has 4 heteroatoms. The first-order valence-electron chi connectivity index (χ1n) is 6.98. The molecule has 1 aromatic rings. The highest BCUT2D eigenvalue weighted by Gasteiger charge is 2.21. The molecule has 0 unspecified atom stereocenters. The summed E-state index contributed by atoms with van der Waals surface area (Å²) in [6, 6.07) is 0.780. The normalized spacial score (nSPS) is 17.8. The van der Waals surface area contributed by atoms with Gasteiger partial charge in [-0.15, -0.1) is 0 Å². The average molecular weight is 250 g/mol. The third-order valence-electron chi connectivity index (χ3n) is 4.01. The summed E-state index contributed by atoms with van der Waals surface area (Å²) < 4.78 is 2.19. The Labute approximate surface area is 110 Å². The third-order valence-corrected chi connectivity index (χ3v) is 4.01. The molecule has 0 amide bonds. The van der Waals surface area contributed by atoms with E-state index in [1.54, 1.807) is 0 Å². The Hall–Kier alpha value is -0.870. The third kappa shape index (κ3) is 3.12. The van der Waals surface area contributed by atoms with E-state index in [1.807, 2.05) is 26.4 Å². The molecule has 0 atom stereocenters. The van der Waals surface area contributed by atoms with E-state index in [1.165, 1.54) is 25.7 Å². The molecule has 1 fully saturated rings. The van der Waals surface area contributed by atoms with Crippen LogP contribution in [0.4, 0.5) is 0 Å². The Morgan fingerprint density at radius 3 is 2.72 bits per heavy atom. The summed E-state index contributed by atoms with van der Waals surface area (Å²) in [5.74, 6) is 0. The maximum absolute atomic E-state index is 6.16. The number of aromatic nitrogens is 2. The number of likely N-dealkylation sites (N-methyl/N-ethyl adjacent to an activating group) is 1. The van der Waals surface area contributed by atoms with Gasteiger partial charge in [-0.3, -0.25) is 0 Å². The first kappa shape index (κ1) is 13.6. The number of nitrogens with zero attached hydrogens (tertiary/aromatic N) is 3. The summed E-state index contributed by atoms with van der Waals surface area (Å²) in [5, 5.41) is 0. The Kier molecular flexibility index (Phi) is 4.07. The van der Waals surface area contributed by atoms with Gasteiger partial charge in [-0.05, 0) is 33.7 Å². The summed E-state index contributed by atoms with van der Waals surface area (Å²) in [5.41, 5.74) is 6.95. The molecule has 102 valence electrons. The summed E-state index contributed by atoms with van der Waals surface area (Å²) in [6.07, 6.45) is 9.27. The lowest BCUT2D eigenvalue weighted by Crippen LogP contribution is -2.35. The molecule has 2 N–H and O–H groups in total. The fraction of sp³-hybridized carbons (Fsp3) is 0.786. The van der Waals surface area contributed by atoms with Crippen LogP contribution in [0.3, 0.4) is 0 Å². The van der Waals surface area contributed by atoms with E-state index in [9.17, 15) is 0 Å². The highest BCUT2D eigenvalue weighted by molar-refractivity contribution is 5.09. The van der Waals surface area contributed by atoms with Crippen molar-refractivity contribution in [3.8, 4) is 0 Å². The predicted octanol–water partition coefficient (Wildman–Crippen LogP) is 1.95. The molecule has 0 radical (unpaired) electrons. The van der Waals surface area contributed by atoms with Crippen LogP contribution in [0, 0.1) is 0 Å². The molecule has 1 aliphatic rings. The van der Waals surface area contributed by atoms with Crippen LogP contribution >= 0.6 is 0 Å². The van der Waals surface area contributed by atoms with Crippen molar-refractivity contribution in [1.29, 1.82) is 0 Å². The van der Waals surface area contributed by atoms with Crippen LogP contribution in [0.25, 0.3) is 0 Å². The lowest BCUT2D eigenvalue weighted by Gasteiger charge is -2.26. The SMILES string of the molecule is CN(CCn1cncc1C(C)(C)N)C1CCCC1. The van der Waals surface area contributed by atoms with Gasteiger partial charge < -0.3 is 15.2 Å². The van der Waals surface area contributed by atoms with Crippen LogP contribution in [-0.2, 0) is 12.1 Å². The minimum Gasteiger partial charge on any atom is -0.332 e.